The zero-order valence-corrected chi connectivity index (χ0v) is 10.5. The van der Waals surface area contributed by atoms with Crippen molar-refractivity contribution in [3.63, 3.8) is 0 Å². The predicted molar refractivity (Wildman–Crippen MR) is 65.6 cm³/mol. The van der Waals surface area contributed by atoms with Crippen molar-refractivity contribution < 1.29 is 9.50 Å². The number of rotatable bonds is 3. The van der Waals surface area contributed by atoms with Crippen LogP contribution in [0, 0.1) is 11.7 Å². The molecule has 0 spiro atoms. The SMILES string of the molecule is OCCC1CCC(c2ncc(F)cc2Cl)CC1. The molecule has 2 nitrogen and oxygen atoms in total. The molecule has 1 fully saturated rings. The molecule has 1 aliphatic carbocycles. The van der Waals surface area contributed by atoms with Crippen molar-refractivity contribution in [1.82, 2.24) is 4.98 Å². The molecule has 4 heteroatoms. The number of nitrogens with zero attached hydrogens (tertiary/aromatic N) is 1. The summed E-state index contributed by atoms with van der Waals surface area (Å²) in [6.07, 6.45) is 6.38. The van der Waals surface area contributed by atoms with Crippen molar-refractivity contribution in [2.45, 2.75) is 38.0 Å². The molecule has 0 radical (unpaired) electrons. The van der Waals surface area contributed by atoms with Gasteiger partial charge in [0, 0.05) is 12.5 Å². The topological polar surface area (TPSA) is 33.1 Å². The van der Waals surface area contributed by atoms with Gasteiger partial charge in [0.2, 0.25) is 0 Å². The van der Waals surface area contributed by atoms with E-state index in [9.17, 15) is 4.39 Å². The molecule has 1 saturated carbocycles. The van der Waals surface area contributed by atoms with Crippen LogP contribution >= 0.6 is 11.6 Å². The Hall–Kier alpha value is -0.670. The molecule has 1 heterocycles. The van der Waals surface area contributed by atoms with Crippen LogP contribution in [0.1, 0.15) is 43.7 Å². The molecular formula is C13H17ClFNO. The molecule has 0 saturated heterocycles. The molecule has 17 heavy (non-hydrogen) atoms. The minimum Gasteiger partial charge on any atom is -0.396 e. The Morgan fingerprint density at radius 3 is 2.65 bits per heavy atom. The van der Waals surface area contributed by atoms with Crippen molar-refractivity contribution in [2.75, 3.05) is 6.61 Å². The molecule has 0 bridgehead atoms. The van der Waals surface area contributed by atoms with Crippen molar-refractivity contribution in [1.29, 1.82) is 0 Å². The summed E-state index contributed by atoms with van der Waals surface area (Å²) >= 11 is 6.02. The number of aliphatic hydroxyl groups excluding tert-OH is 1. The Kier molecular flexibility index (Phi) is 4.35. The Morgan fingerprint density at radius 2 is 2.06 bits per heavy atom. The summed E-state index contributed by atoms with van der Waals surface area (Å²) in [5, 5.41) is 9.34. The summed E-state index contributed by atoms with van der Waals surface area (Å²) in [5.41, 5.74) is 0.829. The van der Waals surface area contributed by atoms with E-state index >= 15 is 0 Å². The third-order valence-corrected chi connectivity index (χ3v) is 3.91. The average molecular weight is 258 g/mol. The highest BCUT2D eigenvalue weighted by Crippen LogP contribution is 2.38. The van der Waals surface area contributed by atoms with E-state index in [1.807, 2.05) is 0 Å². The van der Waals surface area contributed by atoms with E-state index in [0.717, 1.165) is 37.8 Å². The molecular weight excluding hydrogens is 241 g/mol. The lowest BCUT2D eigenvalue weighted by atomic mass is 9.79. The summed E-state index contributed by atoms with van der Waals surface area (Å²) in [7, 11) is 0. The fourth-order valence-electron chi connectivity index (χ4n) is 2.63. The van der Waals surface area contributed by atoms with Crippen molar-refractivity contribution in [2.24, 2.45) is 5.92 Å². The largest absolute Gasteiger partial charge is 0.396 e. The van der Waals surface area contributed by atoms with Crippen molar-refractivity contribution in [3.05, 3.63) is 28.8 Å². The first-order chi connectivity index (χ1) is 8.20. The standard InChI is InChI=1S/C13H17ClFNO/c14-12-7-11(15)8-16-13(12)10-3-1-9(2-4-10)5-6-17/h7-10,17H,1-6H2. The van der Waals surface area contributed by atoms with E-state index in [0.29, 0.717) is 16.9 Å². The Morgan fingerprint density at radius 1 is 1.35 bits per heavy atom. The summed E-state index contributed by atoms with van der Waals surface area (Å²) in [6.45, 7) is 0.269. The van der Waals surface area contributed by atoms with Gasteiger partial charge < -0.3 is 5.11 Å². The number of aliphatic hydroxyl groups is 1. The van der Waals surface area contributed by atoms with Gasteiger partial charge in [0.05, 0.1) is 16.9 Å². The lowest BCUT2D eigenvalue weighted by molar-refractivity contribution is 0.221. The van der Waals surface area contributed by atoms with Crippen molar-refractivity contribution >= 4 is 11.6 Å². The molecule has 1 aromatic rings. The van der Waals surface area contributed by atoms with Gasteiger partial charge in [-0.05, 0) is 44.1 Å². The fourth-order valence-corrected chi connectivity index (χ4v) is 2.94. The lowest BCUT2D eigenvalue weighted by Crippen LogP contribution is -2.15. The van der Waals surface area contributed by atoms with Crippen LogP contribution in [0.5, 0.6) is 0 Å². The first kappa shape index (κ1) is 12.8. The minimum atomic E-state index is -0.382. The molecule has 94 valence electrons. The van der Waals surface area contributed by atoms with Gasteiger partial charge in [0.15, 0.2) is 0 Å². The van der Waals surface area contributed by atoms with Gasteiger partial charge in [-0.3, -0.25) is 4.98 Å². The first-order valence-corrected chi connectivity index (χ1v) is 6.50. The van der Waals surface area contributed by atoms with E-state index in [4.69, 9.17) is 16.7 Å². The van der Waals surface area contributed by atoms with E-state index in [1.165, 1.54) is 12.3 Å². The maximum absolute atomic E-state index is 12.9. The molecule has 0 amide bonds. The molecule has 0 aromatic carbocycles. The number of hydrogen-bond donors (Lipinski definition) is 1. The highest BCUT2D eigenvalue weighted by Gasteiger charge is 2.24. The van der Waals surface area contributed by atoms with Crippen LogP contribution in [0.2, 0.25) is 5.02 Å². The summed E-state index contributed by atoms with van der Waals surface area (Å²) in [5.74, 6) is 0.584. The first-order valence-electron chi connectivity index (χ1n) is 6.12. The van der Waals surface area contributed by atoms with Crippen LogP contribution in [-0.2, 0) is 0 Å². The average Bonchev–Trinajstić information content (AvgIpc) is 2.31. The monoisotopic (exact) mass is 257 g/mol. The second-order valence-corrected chi connectivity index (χ2v) is 5.16. The maximum Gasteiger partial charge on any atom is 0.142 e. The Bertz CT molecular complexity index is 378. The van der Waals surface area contributed by atoms with Crippen LogP contribution in [0.3, 0.4) is 0 Å². The second-order valence-electron chi connectivity index (χ2n) is 4.75. The minimum absolute atomic E-state index is 0.269. The van der Waals surface area contributed by atoms with Crippen LogP contribution in [0.15, 0.2) is 12.3 Å². The van der Waals surface area contributed by atoms with E-state index in [2.05, 4.69) is 4.98 Å². The maximum atomic E-state index is 12.9. The number of pyridine rings is 1. The second kappa shape index (κ2) is 5.78. The van der Waals surface area contributed by atoms with Gasteiger partial charge in [0.1, 0.15) is 5.82 Å². The van der Waals surface area contributed by atoms with Gasteiger partial charge >= 0.3 is 0 Å². The van der Waals surface area contributed by atoms with Gasteiger partial charge in [-0.1, -0.05) is 11.6 Å². The molecule has 1 N–H and O–H groups in total. The summed E-state index contributed by atoms with van der Waals surface area (Å²) in [4.78, 5) is 4.12. The molecule has 1 aromatic heterocycles. The van der Waals surface area contributed by atoms with Gasteiger partial charge in [-0.2, -0.15) is 0 Å². The van der Waals surface area contributed by atoms with Crippen LogP contribution in [-0.4, -0.2) is 16.7 Å². The van der Waals surface area contributed by atoms with Crippen LogP contribution in [0.25, 0.3) is 0 Å². The Balaban J connectivity index is 2.00. The predicted octanol–water partition coefficient (Wildman–Crippen LogP) is 3.53. The lowest BCUT2D eigenvalue weighted by Gasteiger charge is -2.28. The number of aromatic nitrogens is 1. The van der Waals surface area contributed by atoms with E-state index in [-0.39, 0.29) is 12.4 Å². The smallest absolute Gasteiger partial charge is 0.142 e. The third-order valence-electron chi connectivity index (χ3n) is 3.61. The molecule has 0 aliphatic heterocycles. The Labute approximate surface area is 106 Å². The molecule has 2 rings (SSSR count). The molecule has 1 aliphatic rings. The summed E-state index contributed by atoms with van der Waals surface area (Å²) in [6, 6.07) is 1.34. The zero-order valence-electron chi connectivity index (χ0n) is 9.70. The van der Waals surface area contributed by atoms with E-state index < -0.39 is 0 Å². The van der Waals surface area contributed by atoms with Gasteiger partial charge in [-0.25, -0.2) is 4.39 Å². The molecule has 0 unspecified atom stereocenters. The van der Waals surface area contributed by atoms with Gasteiger partial charge in [0.25, 0.3) is 0 Å². The third kappa shape index (κ3) is 3.17. The van der Waals surface area contributed by atoms with Gasteiger partial charge in [-0.15, -0.1) is 0 Å². The van der Waals surface area contributed by atoms with Crippen molar-refractivity contribution in [3.8, 4) is 0 Å². The number of halogens is 2. The number of hydrogen-bond acceptors (Lipinski definition) is 2. The van der Waals surface area contributed by atoms with Crippen LogP contribution < -0.4 is 0 Å². The highest BCUT2D eigenvalue weighted by atomic mass is 35.5. The zero-order chi connectivity index (χ0) is 12.3. The fraction of sp³-hybridized carbons (Fsp3) is 0.615. The quantitative estimate of drug-likeness (QED) is 0.899. The van der Waals surface area contributed by atoms with Crippen LogP contribution in [0.4, 0.5) is 4.39 Å². The summed E-state index contributed by atoms with van der Waals surface area (Å²) < 4.78 is 12.9. The van der Waals surface area contributed by atoms with E-state index in [1.54, 1.807) is 0 Å². The molecule has 0 atom stereocenters. The highest BCUT2D eigenvalue weighted by molar-refractivity contribution is 6.31. The normalized spacial score (nSPS) is 24.9.